The smallest absolute Gasteiger partial charge is 0.304 e. The second kappa shape index (κ2) is 4.49. The summed E-state index contributed by atoms with van der Waals surface area (Å²) in [6.45, 7) is 2.00. The summed E-state index contributed by atoms with van der Waals surface area (Å²) >= 11 is 0. The van der Waals surface area contributed by atoms with Crippen LogP contribution in [0.2, 0.25) is 0 Å². The van der Waals surface area contributed by atoms with E-state index in [1.165, 1.54) is 0 Å². The zero-order valence-electron chi connectivity index (χ0n) is 10.3. The van der Waals surface area contributed by atoms with Gasteiger partial charge in [0.15, 0.2) is 0 Å². The molecular formula is C14H18O3. The first-order valence-corrected chi connectivity index (χ1v) is 5.92. The SMILES string of the molecule is COC(C)c1cccc(C2(CC(=O)O)CC2)c1. The van der Waals surface area contributed by atoms with Gasteiger partial charge in [-0.2, -0.15) is 0 Å². The van der Waals surface area contributed by atoms with Crippen molar-refractivity contribution in [2.75, 3.05) is 7.11 Å². The van der Waals surface area contributed by atoms with E-state index in [4.69, 9.17) is 9.84 Å². The van der Waals surface area contributed by atoms with Crippen LogP contribution in [-0.2, 0) is 14.9 Å². The molecule has 0 radical (unpaired) electrons. The number of carbonyl (C=O) groups is 1. The first-order chi connectivity index (χ1) is 8.07. The molecule has 0 bridgehead atoms. The van der Waals surface area contributed by atoms with Crippen LogP contribution >= 0.6 is 0 Å². The van der Waals surface area contributed by atoms with Crippen LogP contribution in [0.3, 0.4) is 0 Å². The van der Waals surface area contributed by atoms with Crippen LogP contribution in [0.4, 0.5) is 0 Å². The van der Waals surface area contributed by atoms with Crippen molar-refractivity contribution in [3.63, 3.8) is 0 Å². The Kier molecular flexibility index (Phi) is 3.20. The minimum absolute atomic E-state index is 0.0515. The molecule has 1 N–H and O–H groups in total. The Labute approximate surface area is 101 Å². The maximum Gasteiger partial charge on any atom is 0.304 e. The average Bonchev–Trinajstić information content (AvgIpc) is 3.08. The third-order valence-corrected chi connectivity index (χ3v) is 3.67. The summed E-state index contributed by atoms with van der Waals surface area (Å²) < 4.78 is 5.29. The summed E-state index contributed by atoms with van der Waals surface area (Å²) in [5.74, 6) is -0.715. The monoisotopic (exact) mass is 234 g/mol. The van der Waals surface area contributed by atoms with Gasteiger partial charge < -0.3 is 9.84 Å². The van der Waals surface area contributed by atoms with Crippen LogP contribution in [0, 0.1) is 0 Å². The molecule has 0 aliphatic heterocycles. The Morgan fingerprint density at radius 2 is 2.24 bits per heavy atom. The zero-order chi connectivity index (χ0) is 12.5. The van der Waals surface area contributed by atoms with Gasteiger partial charge in [0, 0.05) is 12.5 Å². The van der Waals surface area contributed by atoms with E-state index in [1.807, 2.05) is 25.1 Å². The fraction of sp³-hybridized carbons (Fsp3) is 0.500. The normalized spacial score (nSPS) is 18.7. The summed E-state index contributed by atoms with van der Waals surface area (Å²) in [5, 5.41) is 8.95. The molecule has 1 unspecified atom stereocenters. The lowest BCUT2D eigenvalue weighted by Gasteiger charge is -2.16. The van der Waals surface area contributed by atoms with Gasteiger partial charge in [0.25, 0.3) is 0 Å². The highest BCUT2D eigenvalue weighted by atomic mass is 16.5. The minimum atomic E-state index is -0.715. The van der Waals surface area contributed by atoms with E-state index in [2.05, 4.69) is 6.07 Å². The third kappa shape index (κ3) is 2.50. The van der Waals surface area contributed by atoms with Crippen molar-refractivity contribution in [2.24, 2.45) is 0 Å². The summed E-state index contributed by atoms with van der Waals surface area (Å²) in [4.78, 5) is 10.9. The number of carboxylic acid groups (broad SMARTS) is 1. The first kappa shape index (κ1) is 12.1. The van der Waals surface area contributed by atoms with Crippen LogP contribution in [0.1, 0.15) is 43.4 Å². The van der Waals surface area contributed by atoms with Crippen molar-refractivity contribution in [3.8, 4) is 0 Å². The zero-order valence-corrected chi connectivity index (χ0v) is 10.3. The number of methoxy groups -OCH3 is 1. The van der Waals surface area contributed by atoms with Crippen LogP contribution < -0.4 is 0 Å². The van der Waals surface area contributed by atoms with Gasteiger partial charge in [-0.15, -0.1) is 0 Å². The van der Waals surface area contributed by atoms with E-state index in [9.17, 15) is 4.79 Å². The Hall–Kier alpha value is -1.35. The standard InChI is InChI=1S/C14H18O3/c1-10(17-2)11-4-3-5-12(8-11)14(6-7-14)9-13(15)16/h3-5,8,10H,6-7,9H2,1-2H3,(H,15,16). The summed E-state index contributed by atoms with van der Waals surface area (Å²) in [5.41, 5.74) is 2.14. The molecule has 0 saturated heterocycles. The number of carboxylic acids is 1. The molecule has 0 aromatic heterocycles. The van der Waals surface area contributed by atoms with Crippen LogP contribution in [0.5, 0.6) is 0 Å². The molecular weight excluding hydrogens is 216 g/mol. The van der Waals surface area contributed by atoms with Gasteiger partial charge in [-0.1, -0.05) is 24.3 Å². The Morgan fingerprint density at radius 1 is 1.53 bits per heavy atom. The molecule has 1 atom stereocenters. The molecule has 92 valence electrons. The van der Waals surface area contributed by atoms with E-state index < -0.39 is 5.97 Å². The Bertz CT molecular complexity index is 421. The molecule has 1 aliphatic carbocycles. The van der Waals surface area contributed by atoms with Crippen LogP contribution in [0.15, 0.2) is 24.3 Å². The minimum Gasteiger partial charge on any atom is -0.481 e. The molecule has 1 fully saturated rings. The van der Waals surface area contributed by atoms with Gasteiger partial charge in [0.2, 0.25) is 0 Å². The van der Waals surface area contributed by atoms with Crippen molar-refractivity contribution in [3.05, 3.63) is 35.4 Å². The van der Waals surface area contributed by atoms with Crippen molar-refractivity contribution in [2.45, 2.75) is 37.7 Å². The maximum atomic E-state index is 10.9. The number of ether oxygens (including phenoxy) is 1. The predicted octanol–water partition coefficient (Wildman–Crippen LogP) is 2.90. The van der Waals surface area contributed by atoms with Gasteiger partial charge in [0.05, 0.1) is 12.5 Å². The van der Waals surface area contributed by atoms with Crippen molar-refractivity contribution in [1.82, 2.24) is 0 Å². The highest BCUT2D eigenvalue weighted by Gasteiger charge is 2.45. The highest BCUT2D eigenvalue weighted by molar-refractivity contribution is 5.70. The fourth-order valence-electron chi connectivity index (χ4n) is 2.27. The van der Waals surface area contributed by atoms with E-state index in [0.717, 1.165) is 24.0 Å². The molecule has 0 amide bonds. The largest absolute Gasteiger partial charge is 0.481 e. The quantitative estimate of drug-likeness (QED) is 0.852. The number of hydrogen-bond acceptors (Lipinski definition) is 2. The van der Waals surface area contributed by atoms with Gasteiger partial charge in [-0.3, -0.25) is 4.79 Å². The summed E-state index contributed by atoms with van der Waals surface area (Å²) in [6.07, 6.45) is 2.24. The lowest BCUT2D eigenvalue weighted by molar-refractivity contribution is -0.137. The second-order valence-electron chi connectivity index (χ2n) is 4.85. The molecule has 1 aliphatic rings. The molecule has 1 aromatic carbocycles. The molecule has 0 heterocycles. The Balaban J connectivity index is 2.24. The molecule has 3 heteroatoms. The number of aliphatic carboxylic acids is 1. The third-order valence-electron chi connectivity index (χ3n) is 3.67. The van der Waals surface area contributed by atoms with Gasteiger partial charge in [-0.05, 0) is 30.9 Å². The van der Waals surface area contributed by atoms with Crippen LogP contribution in [0.25, 0.3) is 0 Å². The average molecular weight is 234 g/mol. The molecule has 2 rings (SSSR count). The van der Waals surface area contributed by atoms with E-state index in [-0.39, 0.29) is 17.9 Å². The summed E-state index contributed by atoms with van der Waals surface area (Å²) in [6, 6.07) is 8.13. The predicted molar refractivity (Wildman–Crippen MR) is 65.0 cm³/mol. The fourth-order valence-corrected chi connectivity index (χ4v) is 2.27. The highest BCUT2D eigenvalue weighted by Crippen LogP contribution is 2.51. The van der Waals surface area contributed by atoms with Crippen molar-refractivity contribution >= 4 is 5.97 Å². The molecule has 17 heavy (non-hydrogen) atoms. The molecule has 0 spiro atoms. The van der Waals surface area contributed by atoms with E-state index in [1.54, 1.807) is 7.11 Å². The van der Waals surface area contributed by atoms with Crippen LogP contribution in [-0.4, -0.2) is 18.2 Å². The number of rotatable bonds is 5. The van der Waals surface area contributed by atoms with Gasteiger partial charge in [-0.25, -0.2) is 0 Å². The lowest BCUT2D eigenvalue weighted by Crippen LogP contribution is -2.13. The number of hydrogen-bond donors (Lipinski definition) is 1. The van der Waals surface area contributed by atoms with Crippen molar-refractivity contribution in [1.29, 1.82) is 0 Å². The first-order valence-electron chi connectivity index (χ1n) is 5.92. The van der Waals surface area contributed by atoms with Crippen molar-refractivity contribution < 1.29 is 14.6 Å². The molecule has 3 nitrogen and oxygen atoms in total. The van der Waals surface area contributed by atoms with Gasteiger partial charge >= 0.3 is 5.97 Å². The Morgan fingerprint density at radius 3 is 2.76 bits per heavy atom. The van der Waals surface area contributed by atoms with Gasteiger partial charge in [0.1, 0.15) is 0 Å². The van der Waals surface area contributed by atoms with E-state index >= 15 is 0 Å². The maximum absolute atomic E-state index is 10.9. The van der Waals surface area contributed by atoms with E-state index in [0.29, 0.717) is 0 Å². The molecule has 1 saturated carbocycles. The lowest BCUT2D eigenvalue weighted by atomic mass is 9.90. The summed E-state index contributed by atoms with van der Waals surface area (Å²) in [7, 11) is 1.68. The second-order valence-corrected chi connectivity index (χ2v) is 4.85. The topological polar surface area (TPSA) is 46.5 Å². The molecule has 1 aromatic rings. The number of benzene rings is 1.